The van der Waals surface area contributed by atoms with Crippen LogP contribution in [0.4, 0.5) is 10.9 Å². The number of imidazole rings is 1. The number of aromatic nitrogens is 5. The molecule has 4 aromatic rings. The van der Waals surface area contributed by atoms with Crippen molar-refractivity contribution in [2.75, 3.05) is 23.9 Å². The number of anilines is 2. The molecule has 4 aromatic heterocycles. The average Bonchev–Trinajstić information content (AvgIpc) is 3.82. The van der Waals surface area contributed by atoms with Gasteiger partial charge in [-0.1, -0.05) is 0 Å². The molecule has 1 saturated heterocycles. The van der Waals surface area contributed by atoms with Crippen LogP contribution in [0.25, 0.3) is 22.1 Å². The van der Waals surface area contributed by atoms with Crippen molar-refractivity contribution in [3.63, 3.8) is 0 Å². The third-order valence-corrected chi connectivity index (χ3v) is 11.3. The van der Waals surface area contributed by atoms with Crippen LogP contribution in [0, 0.1) is 0 Å². The van der Waals surface area contributed by atoms with E-state index in [1.165, 1.54) is 11.3 Å². The molecule has 2 amide bonds. The minimum absolute atomic E-state index is 0.0188. The molecule has 1 unspecified atom stereocenters. The van der Waals surface area contributed by atoms with Crippen LogP contribution in [0.5, 0.6) is 0 Å². The van der Waals surface area contributed by atoms with Crippen molar-refractivity contribution in [3.8, 4) is 0 Å². The maximum atomic E-state index is 13.8. The van der Waals surface area contributed by atoms with Gasteiger partial charge in [-0.2, -0.15) is 0 Å². The minimum atomic E-state index is -3.08. The van der Waals surface area contributed by atoms with Crippen molar-refractivity contribution in [2.45, 2.75) is 70.1 Å². The zero-order valence-electron chi connectivity index (χ0n) is 23.9. The third kappa shape index (κ3) is 4.83. The fourth-order valence-electron chi connectivity index (χ4n) is 6.07. The van der Waals surface area contributed by atoms with Crippen LogP contribution in [0.2, 0.25) is 0 Å². The molecule has 14 heteroatoms. The SMILES string of the molecule is CCn1c(C(=O)N(C2CC2)C2CC2)cc2c3c(ncn3C)c(Nc3ncc(CC(=O)N(C)C4CCS(=O)(=O)C4)s3)nc21. The number of carbonyl (C=O) groups is 2. The molecule has 2 aliphatic carbocycles. The largest absolute Gasteiger partial charge is 0.341 e. The van der Waals surface area contributed by atoms with Crippen LogP contribution in [-0.4, -0.2) is 90.8 Å². The van der Waals surface area contributed by atoms with Gasteiger partial charge in [0.15, 0.2) is 20.8 Å². The van der Waals surface area contributed by atoms with E-state index in [0.29, 0.717) is 52.9 Å². The molecule has 0 aromatic carbocycles. The Labute approximate surface area is 247 Å². The van der Waals surface area contributed by atoms with Crippen LogP contribution >= 0.6 is 11.3 Å². The smallest absolute Gasteiger partial charge is 0.271 e. The highest BCUT2D eigenvalue weighted by Crippen LogP contribution is 2.40. The lowest BCUT2D eigenvalue weighted by atomic mass is 10.2. The second-order valence-corrected chi connectivity index (χ2v) is 15.0. The van der Waals surface area contributed by atoms with Crippen LogP contribution in [0.1, 0.15) is 54.4 Å². The highest BCUT2D eigenvalue weighted by Gasteiger charge is 2.43. The Morgan fingerprint density at radius 1 is 1.12 bits per heavy atom. The van der Waals surface area contributed by atoms with Gasteiger partial charge < -0.3 is 24.3 Å². The van der Waals surface area contributed by atoms with Gasteiger partial charge in [-0.25, -0.2) is 23.4 Å². The molecule has 3 aliphatic rings. The number of pyridine rings is 1. The van der Waals surface area contributed by atoms with Crippen LogP contribution in [0.3, 0.4) is 0 Å². The van der Waals surface area contributed by atoms with Gasteiger partial charge in [-0.3, -0.25) is 9.59 Å². The van der Waals surface area contributed by atoms with Gasteiger partial charge in [0.2, 0.25) is 5.91 Å². The van der Waals surface area contributed by atoms with Crippen molar-refractivity contribution >= 4 is 66.0 Å². The van der Waals surface area contributed by atoms with E-state index in [2.05, 4.69) is 20.2 Å². The number of nitrogens with zero attached hydrogens (tertiary/aromatic N) is 7. The van der Waals surface area contributed by atoms with E-state index < -0.39 is 9.84 Å². The second-order valence-electron chi connectivity index (χ2n) is 11.7. The molecule has 1 aliphatic heterocycles. The Kier molecular flexibility index (Phi) is 6.53. The highest BCUT2D eigenvalue weighted by atomic mass is 32.2. The summed E-state index contributed by atoms with van der Waals surface area (Å²) in [5, 5.41) is 4.77. The summed E-state index contributed by atoms with van der Waals surface area (Å²) in [5.41, 5.74) is 2.93. The van der Waals surface area contributed by atoms with E-state index in [4.69, 9.17) is 4.98 Å². The molecule has 2 saturated carbocycles. The lowest BCUT2D eigenvalue weighted by Gasteiger charge is -2.23. The van der Waals surface area contributed by atoms with Crippen molar-refractivity contribution < 1.29 is 18.0 Å². The molecule has 222 valence electrons. The summed E-state index contributed by atoms with van der Waals surface area (Å²) in [5.74, 6) is 0.624. The Bertz CT molecular complexity index is 1820. The number of sulfone groups is 1. The first-order valence-corrected chi connectivity index (χ1v) is 17.1. The van der Waals surface area contributed by atoms with Gasteiger partial charge in [0, 0.05) is 55.2 Å². The van der Waals surface area contributed by atoms with E-state index in [1.54, 1.807) is 24.5 Å². The Morgan fingerprint density at radius 2 is 1.86 bits per heavy atom. The first-order valence-electron chi connectivity index (χ1n) is 14.5. The number of rotatable bonds is 9. The molecule has 42 heavy (non-hydrogen) atoms. The van der Waals surface area contributed by atoms with E-state index in [0.717, 1.165) is 41.5 Å². The van der Waals surface area contributed by atoms with Crippen LogP contribution in [-0.2, 0) is 34.6 Å². The molecule has 12 nitrogen and oxygen atoms in total. The molecule has 5 heterocycles. The summed E-state index contributed by atoms with van der Waals surface area (Å²) in [4.78, 5) is 45.2. The van der Waals surface area contributed by atoms with Gasteiger partial charge in [-0.05, 0) is 45.1 Å². The number of likely N-dealkylation sites (N-methyl/N-ethyl adjacent to an activating group) is 1. The second kappa shape index (κ2) is 10.0. The number of thiazole rings is 1. The number of hydrogen-bond donors (Lipinski definition) is 1. The Morgan fingerprint density at radius 3 is 2.50 bits per heavy atom. The quantitative estimate of drug-likeness (QED) is 0.306. The van der Waals surface area contributed by atoms with Crippen molar-refractivity contribution in [3.05, 3.63) is 29.2 Å². The molecular formula is C28H34N8O4S2. The molecule has 0 spiro atoms. The highest BCUT2D eigenvalue weighted by molar-refractivity contribution is 7.91. The molecule has 3 fully saturated rings. The Balaban J connectivity index is 1.17. The number of nitrogens with one attached hydrogen (secondary N) is 1. The van der Waals surface area contributed by atoms with Crippen LogP contribution < -0.4 is 5.32 Å². The van der Waals surface area contributed by atoms with Crippen molar-refractivity contribution in [1.82, 2.24) is 33.9 Å². The van der Waals surface area contributed by atoms with Crippen LogP contribution in [0.15, 0.2) is 18.6 Å². The summed E-state index contributed by atoms with van der Waals surface area (Å²) in [6.45, 7) is 2.63. The van der Waals surface area contributed by atoms with Gasteiger partial charge >= 0.3 is 0 Å². The van der Waals surface area contributed by atoms with E-state index in [-0.39, 0.29) is 35.8 Å². The lowest BCUT2D eigenvalue weighted by molar-refractivity contribution is -0.130. The predicted molar refractivity (Wildman–Crippen MR) is 161 cm³/mol. The topological polar surface area (TPSA) is 135 Å². The monoisotopic (exact) mass is 610 g/mol. The normalized spacial score (nSPS) is 19.9. The first-order chi connectivity index (χ1) is 20.1. The van der Waals surface area contributed by atoms with E-state index in [1.807, 2.05) is 29.2 Å². The minimum Gasteiger partial charge on any atom is -0.341 e. The lowest BCUT2D eigenvalue weighted by Crippen LogP contribution is -2.38. The van der Waals surface area contributed by atoms with Gasteiger partial charge in [-0.15, -0.1) is 11.3 Å². The molecule has 0 radical (unpaired) electrons. The van der Waals surface area contributed by atoms with Gasteiger partial charge in [0.05, 0.1) is 29.8 Å². The zero-order chi connectivity index (χ0) is 29.3. The maximum Gasteiger partial charge on any atom is 0.271 e. The number of carbonyl (C=O) groups excluding carboxylic acids is 2. The molecular weight excluding hydrogens is 576 g/mol. The van der Waals surface area contributed by atoms with Crippen molar-refractivity contribution in [2.24, 2.45) is 7.05 Å². The van der Waals surface area contributed by atoms with Gasteiger partial charge in [0.1, 0.15) is 16.9 Å². The number of aryl methyl sites for hydroxylation is 2. The first kappa shape index (κ1) is 27.3. The zero-order valence-corrected chi connectivity index (χ0v) is 25.5. The summed E-state index contributed by atoms with van der Waals surface area (Å²) in [6, 6.07) is 2.40. The standard InChI is InChI=1S/C28H34N8O4S2/c1-4-35-21(27(38)36(16-5-6-16)17-7-8-17)12-20-24-23(30-15-33(24)2)25(31-26(20)35)32-28-29-13-19(41-28)11-22(37)34(3)18-9-10-42(39,40)14-18/h12-13,15-18H,4-11,14H2,1-3H3,(H,29,31,32). The summed E-state index contributed by atoms with van der Waals surface area (Å²) >= 11 is 1.35. The number of hydrogen-bond acceptors (Lipinski definition) is 9. The molecule has 1 N–H and O–H groups in total. The fourth-order valence-corrected chi connectivity index (χ4v) is 8.65. The summed E-state index contributed by atoms with van der Waals surface area (Å²) in [7, 11) is 0.526. The predicted octanol–water partition coefficient (Wildman–Crippen LogP) is 3.10. The number of fused-ring (bicyclic) bond motifs is 3. The summed E-state index contributed by atoms with van der Waals surface area (Å²) < 4.78 is 27.7. The number of amides is 2. The van der Waals surface area contributed by atoms with Gasteiger partial charge in [0.25, 0.3) is 5.91 Å². The van der Waals surface area contributed by atoms with E-state index >= 15 is 0 Å². The maximum absolute atomic E-state index is 13.8. The average molecular weight is 611 g/mol. The Hall–Kier alpha value is -3.52. The third-order valence-electron chi connectivity index (χ3n) is 8.61. The molecule has 1 atom stereocenters. The van der Waals surface area contributed by atoms with Crippen molar-refractivity contribution in [1.29, 1.82) is 0 Å². The fraction of sp³-hybridized carbons (Fsp3) is 0.536. The van der Waals surface area contributed by atoms with E-state index in [9.17, 15) is 18.0 Å². The summed E-state index contributed by atoms with van der Waals surface area (Å²) in [6.07, 6.45) is 8.32. The molecule has 0 bridgehead atoms. The molecule has 7 rings (SSSR count).